The van der Waals surface area contributed by atoms with Crippen molar-refractivity contribution in [3.63, 3.8) is 0 Å². The Kier molecular flexibility index (Phi) is 22.8. The molecule has 0 atom stereocenters. The average molecular weight is 531 g/mol. The Morgan fingerprint density at radius 3 is 1.19 bits per heavy atom. The number of rotatable bonds is 24. The molecule has 188 valence electrons. The maximum atomic E-state index is 6.20. The van der Waals surface area contributed by atoms with E-state index < -0.39 is 19.0 Å². The Hall–Kier alpha value is 1.32. The average Bonchev–Trinajstić information content (AvgIpc) is 2.75. The summed E-state index contributed by atoms with van der Waals surface area (Å²) < 4.78 is 24.8. The van der Waals surface area contributed by atoms with Crippen LogP contribution in [0.5, 0.6) is 0 Å². The molecule has 0 N–H and O–H groups in total. The first-order valence-electron chi connectivity index (χ1n) is 12.5. The topological polar surface area (TPSA) is 36.9 Å². The van der Waals surface area contributed by atoms with Crippen LogP contribution in [0.1, 0.15) is 80.1 Å². The zero-order chi connectivity index (χ0) is 23.3. The van der Waals surface area contributed by atoms with Crippen LogP contribution in [0.2, 0.25) is 12.1 Å². The summed E-state index contributed by atoms with van der Waals surface area (Å²) in [5.74, 6) is 1.82. The Bertz CT molecular complexity index is 350. The highest BCUT2D eigenvalue weighted by Gasteiger charge is 2.33. The van der Waals surface area contributed by atoms with Crippen LogP contribution in [0.4, 0.5) is 0 Å². The molecule has 31 heavy (non-hydrogen) atoms. The van der Waals surface area contributed by atoms with Crippen LogP contribution in [0.3, 0.4) is 0 Å². The maximum Gasteiger partial charge on any atom is 0.154 e. The van der Waals surface area contributed by atoms with Gasteiger partial charge >= 0.3 is 0 Å². The Balaban J connectivity index is 4.68. The van der Waals surface area contributed by atoms with Crippen molar-refractivity contribution >= 4 is 50.5 Å². The maximum absolute atomic E-state index is 6.20. The molecular weight excluding hydrogens is 481 g/mol. The second-order valence-corrected chi connectivity index (χ2v) is 16.6. The SMILES string of the molecule is CCCCC[SiH2]C(CSSSCC(OCC)(OCC)[SiH2]CCCCC)(OCC)OCC. The van der Waals surface area contributed by atoms with Crippen LogP contribution >= 0.6 is 31.4 Å². The molecule has 0 amide bonds. The molecular formula is C22H50O4S3Si2. The molecule has 0 aromatic carbocycles. The number of hydrogen-bond donors (Lipinski definition) is 0. The number of hydrogen-bond acceptors (Lipinski definition) is 7. The van der Waals surface area contributed by atoms with Crippen LogP contribution in [-0.4, -0.2) is 67.8 Å². The number of ether oxygens (including phenoxy) is 4. The van der Waals surface area contributed by atoms with Gasteiger partial charge in [0.15, 0.2) is 10.8 Å². The van der Waals surface area contributed by atoms with Crippen LogP contribution in [-0.2, 0) is 18.9 Å². The quantitative estimate of drug-likeness (QED) is 0.0653. The van der Waals surface area contributed by atoms with Crippen molar-refractivity contribution in [2.24, 2.45) is 0 Å². The van der Waals surface area contributed by atoms with Gasteiger partial charge in [-0.3, -0.25) is 0 Å². The molecule has 0 heterocycles. The molecule has 0 saturated heterocycles. The smallest absolute Gasteiger partial charge is 0.154 e. The van der Waals surface area contributed by atoms with Crippen molar-refractivity contribution in [2.75, 3.05) is 37.9 Å². The summed E-state index contributed by atoms with van der Waals surface area (Å²) in [6.07, 6.45) is 7.80. The van der Waals surface area contributed by atoms with Crippen molar-refractivity contribution in [3.8, 4) is 0 Å². The third-order valence-electron chi connectivity index (χ3n) is 5.11. The van der Waals surface area contributed by atoms with E-state index in [1.54, 1.807) is 0 Å². The van der Waals surface area contributed by atoms with Gasteiger partial charge in [-0.05, 0) is 37.5 Å². The van der Waals surface area contributed by atoms with Gasteiger partial charge in [-0.15, -0.1) is 0 Å². The van der Waals surface area contributed by atoms with E-state index in [4.69, 9.17) is 18.9 Å². The predicted octanol–water partition coefficient (Wildman–Crippen LogP) is 6.02. The van der Waals surface area contributed by atoms with E-state index in [9.17, 15) is 0 Å². The summed E-state index contributed by atoms with van der Waals surface area (Å²) in [7, 11) is 4.72. The first-order chi connectivity index (χ1) is 15.1. The normalized spacial score (nSPS) is 13.4. The van der Waals surface area contributed by atoms with Crippen molar-refractivity contribution in [3.05, 3.63) is 0 Å². The lowest BCUT2D eigenvalue weighted by atomic mass is 10.3. The fourth-order valence-electron chi connectivity index (χ4n) is 3.64. The highest BCUT2D eigenvalue weighted by Crippen LogP contribution is 2.40. The zero-order valence-corrected chi connectivity index (χ0v) is 26.4. The molecule has 0 bridgehead atoms. The van der Waals surface area contributed by atoms with Gasteiger partial charge in [-0.2, -0.15) is 0 Å². The van der Waals surface area contributed by atoms with E-state index in [2.05, 4.69) is 41.5 Å². The highest BCUT2D eigenvalue weighted by molar-refractivity contribution is 9.09. The standard InChI is InChI=1S/C22H50O4S3Si2/c1-7-13-15-17-30-21(23-9-3,24-10-4)19-27-29-28-20-22(25-11-5,26-12-6)31-18-16-14-8-2/h7-20,30-31H2,1-6H3. The van der Waals surface area contributed by atoms with Gasteiger partial charge in [0.2, 0.25) is 0 Å². The van der Waals surface area contributed by atoms with E-state index in [0.29, 0.717) is 0 Å². The van der Waals surface area contributed by atoms with E-state index in [1.165, 1.54) is 50.6 Å². The minimum Gasteiger partial charge on any atom is -0.354 e. The van der Waals surface area contributed by atoms with Gasteiger partial charge in [-0.25, -0.2) is 0 Å². The molecule has 0 saturated carbocycles. The zero-order valence-electron chi connectivity index (χ0n) is 21.2. The summed E-state index contributed by atoms with van der Waals surface area (Å²) in [5, 5.41) is 0. The lowest BCUT2D eigenvalue weighted by Gasteiger charge is -2.34. The van der Waals surface area contributed by atoms with Crippen molar-refractivity contribution in [1.82, 2.24) is 0 Å². The van der Waals surface area contributed by atoms with Crippen LogP contribution in [0.25, 0.3) is 0 Å². The summed E-state index contributed by atoms with van der Waals surface area (Å²) >= 11 is 0. The van der Waals surface area contributed by atoms with E-state index in [1.807, 2.05) is 31.4 Å². The van der Waals surface area contributed by atoms with Gasteiger partial charge < -0.3 is 18.9 Å². The predicted molar refractivity (Wildman–Crippen MR) is 150 cm³/mol. The van der Waals surface area contributed by atoms with Crippen molar-refractivity contribution in [1.29, 1.82) is 0 Å². The Labute approximate surface area is 209 Å². The van der Waals surface area contributed by atoms with Gasteiger partial charge in [0.1, 0.15) is 0 Å². The molecule has 0 aliphatic carbocycles. The molecule has 0 aromatic rings. The molecule has 0 fully saturated rings. The second-order valence-electron chi connectivity index (χ2n) is 7.77. The molecule has 0 unspecified atom stereocenters. The highest BCUT2D eigenvalue weighted by atomic mass is 33.5. The Morgan fingerprint density at radius 1 is 0.548 bits per heavy atom. The Morgan fingerprint density at radius 2 is 0.903 bits per heavy atom. The van der Waals surface area contributed by atoms with Gasteiger partial charge in [0.05, 0.1) is 30.5 Å². The molecule has 4 nitrogen and oxygen atoms in total. The summed E-state index contributed by atoms with van der Waals surface area (Å²) in [5.41, 5.74) is -0.636. The third kappa shape index (κ3) is 15.8. The second kappa shape index (κ2) is 21.8. The molecule has 0 aromatic heterocycles. The molecule has 0 rings (SSSR count). The fourth-order valence-corrected chi connectivity index (χ4v) is 13.9. The molecule has 0 aliphatic heterocycles. The molecule has 0 aliphatic rings. The van der Waals surface area contributed by atoms with Gasteiger partial charge in [0.25, 0.3) is 0 Å². The number of unbranched alkanes of at least 4 members (excludes halogenated alkanes) is 4. The first kappa shape index (κ1) is 32.3. The lowest BCUT2D eigenvalue weighted by Crippen LogP contribution is -2.45. The van der Waals surface area contributed by atoms with Crippen LogP contribution in [0.15, 0.2) is 0 Å². The third-order valence-corrected chi connectivity index (χ3v) is 14.7. The summed E-state index contributed by atoms with van der Waals surface area (Å²) in [4.78, 5) is 0. The van der Waals surface area contributed by atoms with Gasteiger partial charge in [-0.1, -0.05) is 86.0 Å². The van der Waals surface area contributed by atoms with E-state index in [0.717, 1.165) is 37.9 Å². The van der Waals surface area contributed by atoms with Crippen LogP contribution < -0.4 is 0 Å². The van der Waals surface area contributed by atoms with E-state index in [-0.39, 0.29) is 10.8 Å². The monoisotopic (exact) mass is 530 g/mol. The summed E-state index contributed by atoms with van der Waals surface area (Å²) in [6.45, 7) is 15.8. The lowest BCUT2D eigenvalue weighted by molar-refractivity contribution is -0.159. The fraction of sp³-hybridized carbons (Fsp3) is 1.00. The first-order valence-corrected chi connectivity index (χ1v) is 19.8. The van der Waals surface area contributed by atoms with Crippen molar-refractivity contribution in [2.45, 2.75) is 103 Å². The molecule has 0 spiro atoms. The largest absolute Gasteiger partial charge is 0.354 e. The molecule has 0 radical (unpaired) electrons. The molecule has 9 heteroatoms. The minimum atomic E-state index is -0.449. The van der Waals surface area contributed by atoms with Crippen molar-refractivity contribution < 1.29 is 18.9 Å². The van der Waals surface area contributed by atoms with E-state index >= 15 is 0 Å². The van der Waals surface area contributed by atoms with Crippen LogP contribution in [0, 0.1) is 0 Å². The van der Waals surface area contributed by atoms with Gasteiger partial charge in [0, 0.05) is 26.4 Å². The minimum absolute atomic E-state index is 0.318. The summed E-state index contributed by atoms with van der Waals surface area (Å²) in [6, 6.07) is 2.60.